The van der Waals surface area contributed by atoms with Gasteiger partial charge in [-0.1, -0.05) is 12.1 Å². The Morgan fingerprint density at radius 2 is 0.972 bits per heavy atom. The molecule has 0 spiro atoms. The van der Waals surface area contributed by atoms with Crippen molar-refractivity contribution in [2.75, 3.05) is 41.7 Å². The summed E-state index contributed by atoms with van der Waals surface area (Å²) in [7, 11) is 5.79. The van der Waals surface area contributed by atoms with Gasteiger partial charge in [0.2, 0.25) is 0 Å². The molecule has 2 rings (SSSR count). The lowest BCUT2D eigenvalue weighted by Crippen LogP contribution is -2.40. The molecule has 2 aromatic carbocycles. The molecule has 2 unspecified atom stereocenters. The number of esters is 2. The average Bonchev–Trinajstić information content (AvgIpc) is 2.90. The predicted octanol–water partition coefficient (Wildman–Crippen LogP) is 2.85. The van der Waals surface area contributed by atoms with Crippen molar-refractivity contribution in [2.24, 2.45) is 11.8 Å². The van der Waals surface area contributed by atoms with Gasteiger partial charge in [-0.15, -0.1) is 0 Å². The van der Waals surface area contributed by atoms with Crippen molar-refractivity contribution >= 4 is 11.9 Å². The largest absolute Gasteiger partial charge is 0.493 e. The van der Waals surface area contributed by atoms with Crippen molar-refractivity contribution in [3.05, 3.63) is 47.5 Å². The molecule has 0 aromatic heterocycles. The molecule has 2 aromatic rings. The lowest BCUT2D eigenvalue weighted by Gasteiger charge is -2.31. The van der Waals surface area contributed by atoms with Gasteiger partial charge in [0.1, 0.15) is 11.8 Å². The van der Waals surface area contributed by atoms with Gasteiger partial charge >= 0.3 is 11.9 Å². The van der Waals surface area contributed by atoms with Gasteiger partial charge in [0.05, 0.1) is 53.9 Å². The second-order valence-electron chi connectivity index (χ2n) is 7.67. The highest BCUT2D eigenvalue weighted by Crippen LogP contribution is 2.41. The molecule has 4 atom stereocenters. The molecule has 198 valence electrons. The fourth-order valence-corrected chi connectivity index (χ4v) is 3.91. The van der Waals surface area contributed by atoms with Gasteiger partial charge in [-0.3, -0.25) is 9.59 Å². The van der Waals surface area contributed by atoms with Crippen LogP contribution in [0.2, 0.25) is 0 Å². The normalized spacial score (nSPS) is 14.1. The minimum absolute atomic E-state index is 0.00398. The van der Waals surface area contributed by atoms with E-state index in [4.69, 9.17) is 28.4 Å². The van der Waals surface area contributed by atoms with Gasteiger partial charge in [0.25, 0.3) is 0 Å². The summed E-state index contributed by atoms with van der Waals surface area (Å²) in [6.45, 7) is 3.19. The van der Waals surface area contributed by atoms with Gasteiger partial charge < -0.3 is 38.6 Å². The number of benzene rings is 2. The van der Waals surface area contributed by atoms with Crippen molar-refractivity contribution in [2.45, 2.75) is 26.1 Å². The van der Waals surface area contributed by atoms with Crippen LogP contribution in [0.15, 0.2) is 36.4 Å². The van der Waals surface area contributed by atoms with Gasteiger partial charge in [0.15, 0.2) is 23.0 Å². The molecule has 0 radical (unpaired) electrons. The monoisotopic (exact) mass is 506 g/mol. The molecule has 0 saturated heterocycles. The zero-order valence-corrected chi connectivity index (χ0v) is 21.3. The summed E-state index contributed by atoms with van der Waals surface area (Å²) in [5, 5.41) is 22.7. The summed E-state index contributed by atoms with van der Waals surface area (Å²) in [4.78, 5) is 26.3. The van der Waals surface area contributed by atoms with Crippen LogP contribution in [0.3, 0.4) is 0 Å². The topological polar surface area (TPSA) is 130 Å². The molecule has 0 aliphatic carbocycles. The van der Waals surface area contributed by atoms with Gasteiger partial charge in [-0.25, -0.2) is 0 Å². The van der Waals surface area contributed by atoms with Crippen LogP contribution in [-0.4, -0.2) is 63.8 Å². The van der Waals surface area contributed by atoms with Crippen LogP contribution < -0.4 is 18.9 Å². The number of rotatable bonds is 13. The second kappa shape index (κ2) is 13.6. The molecular formula is C26H34O10. The number of carbonyl (C=O) groups excluding carboxylic acids is 2. The Kier molecular flexibility index (Phi) is 10.8. The first-order valence-corrected chi connectivity index (χ1v) is 11.4. The number of carbonyl (C=O) groups is 2. The molecule has 0 amide bonds. The van der Waals surface area contributed by atoms with E-state index in [1.54, 1.807) is 26.0 Å². The molecule has 2 N–H and O–H groups in total. The first-order chi connectivity index (χ1) is 17.3. The molecule has 36 heavy (non-hydrogen) atoms. The highest BCUT2D eigenvalue weighted by Gasteiger charge is 2.46. The van der Waals surface area contributed by atoms with Crippen LogP contribution in [0.1, 0.15) is 37.2 Å². The number of hydrogen-bond acceptors (Lipinski definition) is 10. The minimum Gasteiger partial charge on any atom is -0.493 e. The minimum atomic E-state index is -1.56. The fourth-order valence-electron chi connectivity index (χ4n) is 3.91. The third-order valence-electron chi connectivity index (χ3n) is 5.68. The first kappa shape index (κ1) is 28.7. The van der Waals surface area contributed by atoms with Crippen molar-refractivity contribution < 1.29 is 48.2 Å². The lowest BCUT2D eigenvalue weighted by molar-refractivity contribution is -0.171. The van der Waals surface area contributed by atoms with Crippen LogP contribution in [0.25, 0.3) is 0 Å². The lowest BCUT2D eigenvalue weighted by atomic mass is 9.79. The molecule has 0 aliphatic heterocycles. The Morgan fingerprint density at radius 1 is 0.639 bits per heavy atom. The summed E-state index contributed by atoms with van der Waals surface area (Å²) in [6.07, 6.45) is -3.12. The molecule has 10 heteroatoms. The average molecular weight is 507 g/mol. The summed E-state index contributed by atoms with van der Waals surface area (Å²) in [5.74, 6) is -3.36. The highest BCUT2D eigenvalue weighted by atomic mass is 16.5. The van der Waals surface area contributed by atoms with E-state index in [0.29, 0.717) is 23.0 Å². The maximum atomic E-state index is 13.1. The van der Waals surface area contributed by atoms with Crippen LogP contribution in [0.4, 0.5) is 0 Å². The second-order valence-corrected chi connectivity index (χ2v) is 7.67. The summed E-state index contributed by atoms with van der Waals surface area (Å²) < 4.78 is 31.5. The van der Waals surface area contributed by atoms with Gasteiger partial charge in [0, 0.05) is 0 Å². The standard InChI is InChI=1S/C26H34O10/c1-7-35-25(29)21(23(27)15-9-11-17(31-3)19(13-15)33-5)22(26(30)36-8-2)24(28)16-10-12-18(32-4)20(14-16)34-6/h9-14,21-24,27-28H,7-8H2,1-6H3/t21-,22-,23?,24?/m1/s1. The van der Waals surface area contributed by atoms with Crippen molar-refractivity contribution in [3.63, 3.8) is 0 Å². The van der Waals surface area contributed by atoms with E-state index in [1.165, 1.54) is 52.7 Å². The zero-order chi connectivity index (χ0) is 26.8. The van der Waals surface area contributed by atoms with Crippen molar-refractivity contribution in [3.8, 4) is 23.0 Å². The van der Waals surface area contributed by atoms with E-state index < -0.39 is 36.0 Å². The quantitative estimate of drug-likeness (QED) is 0.391. The van der Waals surface area contributed by atoms with Crippen LogP contribution in [0.5, 0.6) is 23.0 Å². The van der Waals surface area contributed by atoms with Gasteiger partial charge in [-0.2, -0.15) is 0 Å². The van der Waals surface area contributed by atoms with Crippen molar-refractivity contribution in [1.82, 2.24) is 0 Å². The molecule has 0 aliphatic rings. The van der Waals surface area contributed by atoms with E-state index >= 15 is 0 Å². The smallest absolute Gasteiger partial charge is 0.312 e. The molecule has 0 saturated carbocycles. The van der Waals surface area contributed by atoms with Crippen LogP contribution >= 0.6 is 0 Å². The number of aliphatic hydroxyl groups excluding tert-OH is 2. The highest BCUT2D eigenvalue weighted by molar-refractivity contribution is 5.83. The summed E-state index contributed by atoms with van der Waals surface area (Å²) in [5.41, 5.74) is 0.499. The molecule has 10 nitrogen and oxygen atoms in total. The van der Waals surface area contributed by atoms with Gasteiger partial charge in [-0.05, 0) is 49.2 Å². The summed E-state index contributed by atoms with van der Waals surface area (Å²) in [6, 6.07) is 9.15. The molecular weight excluding hydrogens is 472 g/mol. The van der Waals surface area contributed by atoms with E-state index in [9.17, 15) is 19.8 Å². The van der Waals surface area contributed by atoms with Crippen LogP contribution in [0, 0.1) is 11.8 Å². The molecule has 0 heterocycles. The number of ether oxygens (including phenoxy) is 6. The molecule has 0 fully saturated rings. The maximum Gasteiger partial charge on any atom is 0.312 e. The van der Waals surface area contributed by atoms with E-state index in [0.717, 1.165) is 0 Å². The zero-order valence-electron chi connectivity index (χ0n) is 21.3. The Labute approximate surface area is 210 Å². The Morgan fingerprint density at radius 3 is 1.25 bits per heavy atom. The van der Waals surface area contributed by atoms with E-state index in [2.05, 4.69) is 0 Å². The third kappa shape index (κ3) is 6.38. The Hall–Kier alpha value is -3.50. The first-order valence-electron chi connectivity index (χ1n) is 11.4. The Bertz CT molecular complexity index is 940. The predicted molar refractivity (Wildman–Crippen MR) is 129 cm³/mol. The Balaban J connectivity index is 2.64. The fraction of sp³-hybridized carbons (Fsp3) is 0.462. The van der Waals surface area contributed by atoms with Crippen molar-refractivity contribution in [1.29, 1.82) is 0 Å². The van der Waals surface area contributed by atoms with E-state index in [-0.39, 0.29) is 24.3 Å². The van der Waals surface area contributed by atoms with Crippen LogP contribution in [-0.2, 0) is 19.1 Å². The number of aliphatic hydroxyl groups is 2. The maximum absolute atomic E-state index is 13.1. The third-order valence-corrected chi connectivity index (χ3v) is 5.68. The number of hydrogen-bond donors (Lipinski definition) is 2. The number of methoxy groups -OCH3 is 4. The van der Waals surface area contributed by atoms with E-state index in [1.807, 2.05) is 0 Å². The summed E-state index contributed by atoms with van der Waals surface area (Å²) >= 11 is 0. The molecule has 0 bridgehead atoms. The SMILES string of the molecule is CCOC(=O)[C@@H](C(O)c1ccc(OC)c(OC)c1)[C@@H](C(=O)OCC)C(O)c1ccc(OC)c(OC)c1.